The number of alkyl halides is 4. The molecule has 1 unspecified atom stereocenters. The van der Waals surface area contributed by atoms with Crippen LogP contribution >= 0.6 is 0 Å². The van der Waals surface area contributed by atoms with E-state index in [1.54, 1.807) is 0 Å². The first kappa shape index (κ1) is 18.1. The van der Waals surface area contributed by atoms with Crippen LogP contribution in [0.5, 0.6) is 0 Å². The quantitative estimate of drug-likeness (QED) is 0.383. The Morgan fingerprint density at radius 3 is 1.95 bits per heavy atom. The lowest BCUT2D eigenvalue weighted by atomic mass is 9.93. The maximum Gasteiger partial charge on any atom is 0.522 e. The van der Waals surface area contributed by atoms with Gasteiger partial charge < -0.3 is 11.1 Å². The highest BCUT2D eigenvalue weighted by Crippen LogP contribution is 2.20. The summed E-state index contributed by atoms with van der Waals surface area (Å²) in [6.07, 6.45) is -0.0223. The van der Waals surface area contributed by atoms with Crippen LogP contribution in [0.2, 0.25) is 0 Å². The summed E-state index contributed by atoms with van der Waals surface area (Å²) in [5.74, 6) is -0.981. The van der Waals surface area contributed by atoms with Crippen molar-refractivity contribution in [1.29, 1.82) is 0 Å². The summed E-state index contributed by atoms with van der Waals surface area (Å²) in [6, 6.07) is 0. The second kappa shape index (κ2) is 7.01. The van der Waals surface area contributed by atoms with Crippen LogP contribution in [0.1, 0.15) is 12.8 Å². The van der Waals surface area contributed by atoms with E-state index in [-0.39, 0.29) is 5.92 Å². The number of halogens is 4. The molecule has 1 amide bonds. The number of nitrogens with one attached hydrogen (secondary N) is 1. The Labute approximate surface area is 107 Å². The number of primary amides is 1. The lowest BCUT2D eigenvalue weighted by Crippen LogP contribution is -2.38. The van der Waals surface area contributed by atoms with Crippen molar-refractivity contribution < 1.29 is 35.3 Å². The zero-order valence-corrected chi connectivity index (χ0v) is 10.5. The summed E-state index contributed by atoms with van der Waals surface area (Å²) in [7, 11) is -5.84. The van der Waals surface area contributed by atoms with Crippen molar-refractivity contribution >= 4 is 16.0 Å². The molecule has 0 radical (unpaired) electrons. The van der Waals surface area contributed by atoms with Gasteiger partial charge in [-0.15, -0.1) is 0 Å². The molecule has 1 aliphatic rings. The molecule has 1 fully saturated rings. The molecule has 6 nitrogen and oxygen atoms in total. The van der Waals surface area contributed by atoms with E-state index in [0.29, 0.717) is 12.8 Å². The molecule has 0 spiro atoms. The minimum Gasteiger partial charge on any atom is -0.367 e. The summed E-state index contributed by atoms with van der Waals surface area (Å²) in [5.41, 5.74) is -0.702. The second-order valence-electron chi connectivity index (χ2n) is 3.81. The van der Waals surface area contributed by atoms with Crippen LogP contribution in [-0.4, -0.2) is 43.6 Å². The van der Waals surface area contributed by atoms with Crippen LogP contribution in [0, 0.1) is 5.92 Å². The van der Waals surface area contributed by atoms with E-state index in [2.05, 4.69) is 5.32 Å². The monoisotopic (exact) mass is 310 g/mol. The first-order valence-corrected chi connectivity index (χ1v) is 6.58. The molecule has 0 aromatic rings. The zero-order valence-electron chi connectivity index (χ0n) is 9.65. The standard InChI is InChI=1S/C7H13FN2O.CHF3O3S/c8-6(7(9)11)5-1-3-10-4-2-5;2-1(3,4)8(5,6)7/h5-6,10H,1-4H2,(H2,9,11);(H,5,6,7). The molecule has 0 saturated carbocycles. The molecular weight excluding hydrogens is 296 g/mol. The Morgan fingerprint density at radius 1 is 1.32 bits per heavy atom. The Morgan fingerprint density at radius 2 is 1.68 bits per heavy atom. The Balaban J connectivity index is 0.000000362. The number of hydrogen-bond acceptors (Lipinski definition) is 4. The van der Waals surface area contributed by atoms with Gasteiger partial charge in [0.05, 0.1) is 0 Å². The van der Waals surface area contributed by atoms with Gasteiger partial charge in [-0.05, 0) is 25.9 Å². The van der Waals surface area contributed by atoms with Gasteiger partial charge in [0, 0.05) is 5.92 Å². The first-order chi connectivity index (χ1) is 8.47. The van der Waals surface area contributed by atoms with Gasteiger partial charge in [0.25, 0.3) is 5.91 Å². The van der Waals surface area contributed by atoms with E-state index < -0.39 is 27.7 Å². The largest absolute Gasteiger partial charge is 0.522 e. The van der Waals surface area contributed by atoms with Crippen LogP contribution in [0.25, 0.3) is 0 Å². The van der Waals surface area contributed by atoms with E-state index >= 15 is 0 Å². The predicted octanol–water partition coefficient (Wildman–Crippen LogP) is 0.203. The molecule has 0 bridgehead atoms. The van der Waals surface area contributed by atoms with E-state index in [1.165, 1.54) is 0 Å². The van der Waals surface area contributed by atoms with Gasteiger partial charge in [0.1, 0.15) is 0 Å². The molecule has 0 aromatic carbocycles. The lowest BCUT2D eigenvalue weighted by molar-refractivity contribution is -0.124. The smallest absolute Gasteiger partial charge is 0.367 e. The second-order valence-corrected chi connectivity index (χ2v) is 5.23. The minimum absolute atomic E-state index is 0.159. The van der Waals surface area contributed by atoms with Gasteiger partial charge in [-0.25, -0.2) is 4.39 Å². The average molecular weight is 310 g/mol. The van der Waals surface area contributed by atoms with Gasteiger partial charge in [-0.2, -0.15) is 21.6 Å². The highest BCUT2D eigenvalue weighted by atomic mass is 32.2. The number of amides is 1. The third kappa shape index (κ3) is 6.68. The van der Waals surface area contributed by atoms with E-state index in [4.69, 9.17) is 18.7 Å². The third-order valence-corrected chi connectivity index (χ3v) is 2.95. The molecule has 1 aliphatic heterocycles. The summed E-state index contributed by atoms with van der Waals surface area (Å²) in [4.78, 5) is 10.4. The fourth-order valence-corrected chi connectivity index (χ4v) is 1.37. The molecule has 1 heterocycles. The van der Waals surface area contributed by atoms with Crippen molar-refractivity contribution in [3.8, 4) is 0 Å². The molecule has 1 saturated heterocycles. The number of carbonyl (C=O) groups is 1. The maximum atomic E-state index is 12.9. The molecule has 1 atom stereocenters. The molecule has 4 N–H and O–H groups in total. The lowest BCUT2D eigenvalue weighted by Gasteiger charge is -2.23. The first-order valence-electron chi connectivity index (χ1n) is 5.14. The molecule has 0 aromatic heterocycles. The number of rotatable bonds is 2. The fraction of sp³-hybridized carbons (Fsp3) is 0.875. The number of nitrogens with two attached hydrogens (primary N) is 1. The molecule has 11 heteroatoms. The van der Waals surface area contributed by atoms with Crippen LogP contribution in [0.15, 0.2) is 0 Å². The summed E-state index contributed by atoms with van der Waals surface area (Å²) in [6.45, 7) is 1.58. The molecule has 0 aliphatic carbocycles. The van der Waals surface area contributed by atoms with Crippen LogP contribution < -0.4 is 11.1 Å². The summed E-state index contributed by atoms with van der Waals surface area (Å²) in [5, 5.41) is 3.09. The zero-order chi connectivity index (χ0) is 15.3. The predicted molar refractivity (Wildman–Crippen MR) is 57.3 cm³/mol. The molecule has 1 rings (SSSR count). The summed E-state index contributed by atoms with van der Waals surface area (Å²) < 4.78 is 70.5. The van der Waals surface area contributed by atoms with Crippen molar-refractivity contribution in [1.82, 2.24) is 5.32 Å². The van der Waals surface area contributed by atoms with Crippen LogP contribution in [0.4, 0.5) is 17.6 Å². The minimum atomic E-state index is -5.84. The highest BCUT2D eigenvalue weighted by molar-refractivity contribution is 7.86. The van der Waals surface area contributed by atoms with E-state index in [0.717, 1.165) is 13.1 Å². The molecule has 19 heavy (non-hydrogen) atoms. The Hall–Kier alpha value is -0.940. The van der Waals surface area contributed by atoms with Crippen LogP contribution in [-0.2, 0) is 14.9 Å². The Bertz CT molecular complexity index is 392. The van der Waals surface area contributed by atoms with Gasteiger partial charge in [-0.1, -0.05) is 0 Å². The van der Waals surface area contributed by atoms with Crippen molar-refractivity contribution in [2.75, 3.05) is 13.1 Å². The van der Waals surface area contributed by atoms with Crippen molar-refractivity contribution in [3.05, 3.63) is 0 Å². The van der Waals surface area contributed by atoms with Crippen molar-refractivity contribution in [3.63, 3.8) is 0 Å². The van der Waals surface area contributed by atoms with Gasteiger partial charge >= 0.3 is 15.6 Å². The van der Waals surface area contributed by atoms with Gasteiger partial charge in [0.15, 0.2) is 6.17 Å². The Kier molecular flexibility index (Phi) is 6.66. The number of carbonyl (C=O) groups excluding carboxylic acids is 1. The van der Waals surface area contributed by atoms with E-state index in [9.17, 15) is 22.4 Å². The SMILES string of the molecule is NC(=O)C(F)C1CCNCC1.O=S(=O)(O)C(F)(F)F. The molecular formula is C8H14F4N2O4S. The van der Waals surface area contributed by atoms with Crippen molar-refractivity contribution in [2.24, 2.45) is 11.7 Å². The maximum absolute atomic E-state index is 12.9. The summed E-state index contributed by atoms with van der Waals surface area (Å²) >= 11 is 0. The highest BCUT2D eigenvalue weighted by Gasteiger charge is 2.44. The number of hydrogen-bond donors (Lipinski definition) is 3. The fourth-order valence-electron chi connectivity index (χ4n) is 1.37. The average Bonchev–Trinajstić information content (AvgIpc) is 2.27. The normalized spacial score (nSPS) is 19.2. The third-order valence-electron chi connectivity index (χ3n) is 2.36. The molecule has 114 valence electrons. The van der Waals surface area contributed by atoms with E-state index in [1.807, 2.05) is 0 Å². The number of piperidine rings is 1. The topological polar surface area (TPSA) is 109 Å². The van der Waals surface area contributed by atoms with Crippen molar-refractivity contribution in [2.45, 2.75) is 24.5 Å². The van der Waals surface area contributed by atoms with Crippen LogP contribution in [0.3, 0.4) is 0 Å². The van der Waals surface area contributed by atoms with Gasteiger partial charge in [-0.3, -0.25) is 9.35 Å². The van der Waals surface area contributed by atoms with Gasteiger partial charge in [0.2, 0.25) is 0 Å².